The van der Waals surface area contributed by atoms with Crippen molar-refractivity contribution in [2.45, 2.75) is 20.4 Å². The van der Waals surface area contributed by atoms with Gasteiger partial charge in [-0.3, -0.25) is 9.78 Å². The minimum absolute atomic E-state index is 0.1000. The highest BCUT2D eigenvalue weighted by Crippen LogP contribution is 2.21. The number of aromatic carboxylic acids is 1. The maximum absolute atomic E-state index is 11.9. The van der Waals surface area contributed by atoms with Crippen LogP contribution < -0.4 is 5.32 Å². The van der Waals surface area contributed by atoms with Crippen LogP contribution in [-0.2, 0) is 11.3 Å². The van der Waals surface area contributed by atoms with Gasteiger partial charge in [0.25, 0.3) is 0 Å². The topological polar surface area (TPSA) is 110 Å². The van der Waals surface area contributed by atoms with Crippen molar-refractivity contribution in [1.29, 1.82) is 0 Å². The van der Waals surface area contributed by atoms with E-state index >= 15 is 0 Å². The van der Waals surface area contributed by atoms with Crippen LogP contribution in [0.4, 0.5) is 0 Å². The summed E-state index contributed by atoms with van der Waals surface area (Å²) in [5, 5.41) is 19.4. The Balaban J connectivity index is 2.29. The molecule has 0 radical (unpaired) electrons. The lowest BCUT2D eigenvalue weighted by atomic mass is 10.1. The van der Waals surface area contributed by atoms with Gasteiger partial charge in [0, 0.05) is 24.5 Å². The normalized spacial score (nSPS) is 10.7. The summed E-state index contributed by atoms with van der Waals surface area (Å²) < 4.78 is 1.27. The van der Waals surface area contributed by atoms with E-state index in [9.17, 15) is 14.7 Å². The Hall–Kier alpha value is -2.77. The van der Waals surface area contributed by atoms with E-state index in [0.29, 0.717) is 18.0 Å². The number of pyridine rings is 1. The molecule has 2 rings (SSSR count). The zero-order valence-electron chi connectivity index (χ0n) is 12.4. The second-order valence-electron chi connectivity index (χ2n) is 5.19. The Bertz CT molecular complexity index is 666. The molecule has 8 heteroatoms. The van der Waals surface area contributed by atoms with E-state index in [2.05, 4.69) is 20.6 Å². The summed E-state index contributed by atoms with van der Waals surface area (Å²) in [6, 6.07) is 3.37. The van der Waals surface area contributed by atoms with Gasteiger partial charge in [-0.05, 0) is 18.1 Å². The maximum atomic E-state index is 11.9. The van der Waals surface area contributed by atoms with Gasteiger partial charge in [-0.1, -0.05) is 19.1 Å². The Morgan fingerprint density at radius 1 is 1.41 bits per heavy atom. The van der Waals surface area contributed by atoms with Gasteiger partial charge in [-0.15, -0.1) is 5.10 Å². The fraction of sp³-hybridized carbons (Fsp3) is 0.357. The van der Waals surface area contributed by atoms with Crippen molar-refractivity contribution in [2.75, 3.05) is 6.54 Å². The van der Waals surface area contributed by atoms with Gasteiger partial charge in [-0.25, -0.2) is 9.48 Å². The molecule has 0 aliphatic rings. The van der Waals surface area contributed by atoms with Crippen molar-refractivity contribution in [3.05, 3.63) is 30.2 Å². The van der Waals surface area contributed by atoms with Gasteiger partial charge in [0.1, 0.15) is 12.2 Å². The molecule has 2 N–H and O–H groups in total. The molecule has 0 atom stereocenters. The average molecular weight is 303 g/mol. The first-order chi connectivity index (χ1) is 10.5. The molecule has 116 valence electrons. The van der Waals surface area contributed by atoms with Gasteiger partial charge in [0.2, 0.25) is 5.91 Å². The number of carboxylic acids is 1. The molecule has 0 unspecified atom stereocenters. The van der Waals surface area contributed by atoms with E-state index in [1.54, 1.807) is 18.3 Å². The van der Waals surface area contributed by atoms with E-state index in [0.717, 1.165) is 0 Å². The number of aromatic nitrogens is 4. The predicted molar refractivity (Wildman–Crippen MR) is 78.1 cm³/mol. The van der Waals surface area contributed by atoms with Gasteiger partial charge in [-0.2, -0.15) is 0 Å². The third kappa shape index (κ3) is 3.66. The van der Waals surface area contributed by atoms with Gasteiger partial charge >= 0.3 is 5.97 Å². The molecule has 2 aromatic heterocycles. The van der Waals surface area contributed by atoms with Crippen molar-refractivity contribution in [3.63, 3.8) is 0 Å². The summed E-state index contributed by atoms with van der Waals surface area (Å²) in [5.41, 5.74) is 0.603. The first-order valence-corrected chi connectivity index (χ1v) is 6.83. The Morgan fingerprint density at radius 2 is 2.18 bits per heavy atom. The van der Waals surface area contributed by atoms with Crippen molar-refractivity contribution in [3.8, 4) is 11.3 Å². The summed E-state index contributed by atoms with van der Waals surface area (Å²) >= 11 is 0. The smallest absolute Gasteiger partial charge is 0.358 e. The SMILES string of the molecule is CC(C)CNC(=O)Cn1nnc(C(=O)O)c1-c1cccnc1. The Morgan fingerprint density at radius 3 is 2.77 bits per heavy atom. The summed E-state index contributed by atoms with van der Waals surface area (Å²) in [6.07, 6.45) is 3.08. The standard InChI is InChI=1S/C14H17N5O3/c1-9(2)6-16-11(20)8-19-13(10-4-3-5-15-7-10)12(14(21)22)17-18-19/h3-5,7,9H,6,8H2,1-2H3,(H,16,20)(H,21,22). The van der Waals surface area contributed by atoms with Crippen molar-refractivity contribution >= 4 is 11.9 Å². The van der Waals surface area contributed by atoms with E-state index in [1.165, 1.54) is 10.9 Å². The highest BCUT2D eigenvalue weighted by molar-refractivity contribution is 5.92. The molecular formula is C14H17N5O3. The zero-order valence-corrected chi connectivity index (χ0v) is 12.4. The minimum atomic E-state index is -1.20. The van der Waals surface area contributed by atoms with Crippen LogP contribution in [0.25, 0.3) is 11.3 Å². The number of nitrogens with one attached hydrogen (secondary N) is 1. The van der Waals surface area contributed by atoms with Gasteiger partial charge in [0.05, 0.1) is 0 Å². The van der Waals surface area contributed by atoms with Gasteiger partial charge < -0.3 is 10.4 Å². The number of nitrogens with zero attached hydrogens (tertiary/aromatic N) is 4. The first kappa shape index (κ1) is 15.6. The van der Waals surface area contributed by atoms with Crippen LogP contribution in [0.2, 0.25) is 0 Å². The lowest BCUT2D eigenvalue weighted by Gasteiger charge is -2.09. The van der Waals surface area contributed by atoms with E-state index in [4.69, 9.17) is 0 Å². The quantitative estimate of drug-likeness (QED) is 0.817. The molecule has 0 aliphatic carbocycles. The lowest BCUT2D eigenvalue weighted by molar-refractivity contribution is -0.122. The number of carbonyl (C=O) groups is 2. The maximum Gasteiger partial charge on any atom is 0.358 e. The van der Waals surface area contributed by atoms with Gasteiger partial charge in [0.15, 0.2) is 5.69 Å². The van der Waals surface area contributed by atoms with Crippen LogP contribution in [0.1, 0.15) is 24.3 Å². The summed E-state index contributed by atoms with van der Waals surface area (Å²) in [4.78, 5) is 27.1. The molecule has 2 aromatic rings. The van der Waals surface area contributed by atoms with E-state index < -0.39 is 5.97 Å². The number of amides is 1. The molecule has 0 aliphatic heterocycles. The van der Waals surface area contributed by atoms with Crippen LogP contribution in [-0.4, -0.2) is 43.5 Å². The molecule has 0 saturated heterocycles. The molecule has 0 fully saturated rings. The number of carboxylic acid groups (broad SMARTS) is 1. The average Bonchev–Trinajstić information content (AvgIpc) is 2.90. The molecule has 0 spiro atoms. The predicted octanol–water partition coefficient (Wildman–Crippen LogP) is 0.810. The molecular weight excluding hydrogens is 286 g/mol. The summed E-state index contributed by atoms with van der Waals surface area (Å²) in [5.74, 6) is -1.12. The number of carbonyl (C=O) groups excluding carboxylic acids is 1. The van der Waals surface area contributed by atoms with Crippen molar-refractivity contribution in [2.24, 2.45) is 5.92 Å². The number of rotatable bonds is 6. The third-order valence-corrected chi connectivity index (χ3v) is 2.87. The Kier molecular flexibility index (Phi) is 4.82. The fourth-order valence-corrected chi connectivity index (χ4v) is 1.87. The third-order valence-electron chi connectivity index (χ3n) is 2.87. The van der Waals surface area contributed by atoms with E-state index in [1.807, 2.05) is 13.8 Å². The monoisotopic (exact) mass is 303 g/mol. The molecule has 0 aromatic carbocycles. The van der Waals surface area contributed by atoms with Crippen LogP contribution in [0, 0.1) is 5.92 Å². The molecule has 22 heavy (non-hydrogen) atoms. The Labute approximate surface area is 127 Å². The lowest BCUT2D eigenvalue weighted by Crippen LogP contribution is -2.31. The van der Waals surface area contributed by atoms with Crippen LogP contribution >= 0.6 is 0 Å². The highest BCUT2D eigenvalue weighted by Gasteiger charge is 2.21. The molecule has 0 bridgehead atoms. The molecule has 1 amide bonds. The van der Waals surface area contributed by atoms with Crippen molar-refractivity contribution < 1.29 is 14.7 Å². The second-order valence-corrected chi connectivity index (χ2v) is 5.19. The zero-order chi connectivity index (χ0) is 16.1. The van der Waals surface area contributed by atoms with Crippen LogP contribution in [0.5, 0.6) is 0 Å². The largest absolute Gasteiger partial charge is 0.476 e. The summed E-state index contributed by atoms with van der Waals surface area (Å²) in [7, 11) is 0. The highest BCUT2D eigenvalue weighted by atomic mass is 16.4. The molecule has 0 saturated carbocycles. The van der Waals surface area contributed by atoms with Crippen LogP contribution in [0.3, 0.4) is 0 Å². The summed E-state index contributed by atoms with van der Waals surface area (Å²) in [6.45, 7) is 4.41. The molecule has 8 nitrogen and oxygen atoms in total. The first-order valence-electron chi connectivity index (χ1n) is 6.83. The molecule has 2 heterocycles. The number of hydrogen-bond donors (Lipinski definition) is 2. The minimum Gasteiger partial charge on any atom is -0.476 e. The van der Waals surface area contributed by atoms with E-state index in [-0.39, 0.29) is 23.8 Å². The van der Waals surface area contributed by atoms with Crippen molar-refractivity contribution in [1.82, 2.24) is 25.3 Å². The fourth-order valence-electron chi connectivity index (χ4n) is 1.87. The number of hydrogen-bond acceptors (Lipinski definition) is 5. The second kappa shape index (κ2) is 6.79. The van der Waals surface area contributed by atoms with Crippen LogP contribution in [0.15, 0.2) is 24.5 Å².